The zero-order chi connectivity index (χ0) is 29.0. The fraction of sp³-hybridized carbons (Fsp3) is 0.312. The molecule has 1 aromatic heterocycles. The molecular formula is C32H37N5O4. The second-order valence-electron chi connectivity index (χ2n) is 9.94. The van der Waals surface area contributed by atoms with Crippen LogP contribution >= 0.6 is 0 Å². The van der Waals surface area contributed by atoms with Crippen LogP contribution in [0.5, 0.6) is 5.75 Å². The SMILES string of the molecule is C=C(Cc1ccccc1)N/N=C(\C)C(=O)N[C@H]1COc2ccc(CCCCOCc3ccccn3)cc2N(C)C1=O. The van der Waals surface area contributed by atoms with Gasteiger partial charge < -0.3 is 19.7 Å². The van der Waals surface area contributed by atoms with E-state index in [4.69, 9.17) is 9.47 Å². The summed E-state index contributed by atoms with van der Waals surface area (Å²) in [6.45, 7) is 6.73. The second kappa shape index (κ2) is 14.8. The summed E-state index contributed by atoms with van der Waals surface area (Å²) in [6.07, 6.45) is 5.05. The number of benzene rings is 2. The van der Waals surface area contributed by atoms with Gasteiger partial charge in [0.2, 0.25) is 0 Å². The molecule has 2 amide bonds. The lowest BCUT2D eigenvalue weighted by molar-refractivity contribution is -0.124. The first-order valence-corrected chi connectivity index (χ1v) is 13.7. The third-order valence-electron chi connectivity index (χ3n) is 6.68. The Labute approximate surface area is 241 Å². The molecule has 9 heteroatoms. The molecule has 0 unspecified atom stereocenters. The third-order valence-corrected chi connectivity index (χ3v) is 6.68. The number of fused-ring (bicyclic) bond motifs is 1. The monoisotopic (exact) mass is 555 g/mol. The van der Waals surface area contributed by atoms with Gasteiger partial charge in [-0.3, -0.25) is 20.0 Å². The van der Waals surface area contributed by atoms with Gasteiger partial charge in [0.05, 0.1) is 18.0 Å². The Morgan fingerprint density at radius 2 is 1.93 bits per heavy atom. The van der Waals surface area contributed by atoms with E-state index in [2.05, 4.69) is 27.4 Å². The average Bonchev–Trinajstić information content (AvgIpc) is 3.10. The van der Waals surface area contributed by atoms with Crippen molar-refractivity contribution < 1.29 is 19.1 Å². The number of allylic oxidation sites excluding steroid dienone is 1. The molecular weight excluding hydrogens is 518 g/mol. The van der Waals surface area contributed by atoms with Crippen LogP contribution in [-0.4, -0.2) is 48.8 Å². The van der Waals surface area contributed by atoms with Gasteiger partial charge in [-0.2, -0.15) is 5.10 Å². The van der Waals surface area contributed by atoms with Gasteiger partial charge in [-0.15, -0.1) is 0 Å². The van der Waals surface area contributed by atoms with Crippen LogP contribution in [0, 0.1) is 0 Å². The Hall–Kier alpha value is -4.50. The number of amides is 2. The van der Waals surface area contributed by atoms with Gasteiger partial charge in [-0.05, 0) is 61.6 Å². The zero-order valence-corrected chi connectivity index (χ0v) is 23.6. The topological polar surface area (TPSA) is 105 Å². The van der Waals surface area contributed by atoms with E-state index in [1.54, 1.807) is 25.1 Å². The largest absolute Gasteiger partial charge is 0.489 e. The minimum atomic E-state index is -0.850. The summed E-state index contributed by atoms with van der Waals surface area (Å²) in [5.41, 5.74) is 7.45. The van der Waals surface area contributed by atoms with Crippen LogP contribution < -0.4 is 20.4 Å². The summed E-state index contributed by atoms with van der Waals surface area (Å²) < 4.78 is 11.6. The summed E-state index contributed by atoms with van der Waals surface area (Å²) >= 11 is 0. The number of aromatic nitrogens is 1. The van der Waals surface area contributed by atoms with Crippen LogP contribution in [0.4, 0.5) is 5.69 Å². The summed E-state index contributed by atoms with van der Waals surface area (Å²) in [6, 6.07) is 20.6. The molecule has 0 spiro atoms. The van der Waals surface area contributed by atoms with Gasteiger partial charge in [-0.1, -0.05) is 49.0 Å². The quantitative estimate of drug-likeness (QED) is 0.186. The number of hydrazone groups is 1. The van der Waals surface area contributed by atoms with Crippen molar-refractivity contribution in [3.8, 4) is 5.75 Å². The number of likely N-dealkylation sites (N-methyl/N-ethyl adjacent to an activating group) is 1. The molecule has 0 saturated carbocycles. The van der Waals surface area contributed by atoms with E-state index in [-0.39, 0.29) is 18.2 Å². The molecule has 4 rings (SSSR count). The maximum absolute atomic E-state index is 13.2. The normalized spacial score (nSPS) is 15.0. The molecule has 3 aromatic rings. The summed E-state index contributed by atoms with van der Waals surface area (Å²) in [4.78, 5) is 31.8. The maximum Gasteiger partial charge on any atom is 0.267 e. The Balaban J connectivity index is 1.25. The van der Waals surface area contributed by atoms with Crippen molar-refractivity contribution >= 4 is 23.2 Å². The standard InChI is InChI=1S/C32H37N5O4/c1-23(19-25-11-5-4-6-12-25)35-36-24(2)31(38)34-28-22-41-30-16-15-26(20-29(30)37(3)32(28)39)13-8-10-18-40-21-27-14-7-9-17-33-27/h4-7,9,11-12,14-17,20,28,35H,1,8,10,13,18-19,21-22H2,2-3H3,(H,34,38)/b36-24+/t28-/m0/s1. The van der Waals surface area contributed by atoms with Gasteiger partial charge in [0.15, 0.2) is 0 Å². The highest BCUT2D eigenvalue weighted by Gasteiger charge is 2.31. The van der Waals surface area contributed by atoms with Crippen LogP contribution in [0.25, 0.3) is 0 Å². The smallest absolute Gasteiger partial charge is 0.267 e. The van der Waals surface area contributed by atoms with Crippen molar-refractivity contribution in [2.75, 3.05) is 25.2 Å². The molecule has 41 heavy (non-hydrogen) atoms. The Morgan fingerprint density at radius 1 is 1.12 bits per heavy atom. The number of hydrogen-bond acceptors (Lipinski definition) is 7. The number of ether oxygens (including phenoxy) is 2. The maximum atomic E-state index is 13.2. The van der Waals surface area contributed by atoms with Gasteiger partial charge in [0, 0.05) is 32.0 Å². The lowest BCUT2D eigenvalue weighted by Crippen LogP contribution is -2.51. The molecule has 1 aliphatic rings. The number of anilines is 1. The lowest BCUT2D eigenvalue weighted by Gasteiger charge is -2.21. The highest BCUT2D eigenvalue weighted by molar-refractivity contribution is 6.38. The Bertz CT molecular complexity index is 1360. The number of unbranched alkanes of at least 4 members (excludes halogenated alkanes) is 1. The highest BCUT2D eigenvalue weighted by Crippen LogP contribution is 2.32. The van der Waals surface area contributed by atoms with Gasteiger partial charge in [0.25, 0.3) is 11.8 Å². The molecule has 2 N–H and O–H groups in total. The van der Waals surface area contributed by atoms with E-state index in [9.17, 15) is 9.59 Å². The van der Waals surface area contributed by atoms with Crippen molar-refractivity contribution in [3.63, 3.8) is 0 Å². The van der Waals surface area contributed by atoms with Crippen molar-refractivity contribution in [1.82, 2.24) is 15.7 Å². The molecule has 0 radical (unpaired) electrons. The number of nitrogens with zero attached hydrogens (tertiary/aromatic N) is 3. The fourth-order valence-electron chi connectivity index (χ4n) is 4.35. The first-order chi connectivity index (χ1) is 19.9. The predicted octanol–water partition coefficient (Wildman–Crippen LogP) is 4.18. The molecule has 214 valence electrons. The van der Waals surface area contributed by atoms with E-state index < -0.39 is 11.9 Å². The number of rotatable bonds is 13. The first kappa shape index (κ1) is 29.5. The van der Waals surface area contributed by atoms with Gasteiger partial charge in [0.1, 0.15) is 24.1 Å². The van der Waals surface area contributed by atoms with Crippen molar-refractivity contribution in [2.24, 2.45) is 5.10 Å². The molecule has 2 aromatic carbocycles. The average molecular weight is 556 g/mol. The number of nitrogens with one attached hydrogen (secondary N) is 2. The third kappa shape index (κ3) is 8.74. The van der Waals surface area contributed by atoms with Crippen molar-refractivity contribution in [2.45, 2.75) is 45.3 Å². The number of hydrogen-bond donors (Lipinski definition) is 2. The van der Waals surface area contributed by atoms with E-state index in [1.807, 2.05) is 66.7 Å². The van der Waals surface area contributed by atoms with E-state index in [0.29, 0.717) is 36.8 Å². The fourth-order valence-corrected chi connectivity index (χ4v) is 4.35. The minimum absolute atomic E-state index is 0.0241. The van der Waals surface area contributed by atoms with E-state index in [1.165, 1.54) is 0 Å². The first-order valence-electron chi connectivity index (χ1n) is 13.7. The summed E-state index contributed by atoms with van der Waals surface area (Å²) in [5.74, 6) is -0.118. The number of pyridine rings is 1. The Morgan fingerprint density at radius 3 is 2.71 bits per heavy atom. The highest BCUT2D eigenvalue weighted by atomic mass is 16.5. The van der Waals surface area contributed by atoms with Crippen LogP contribution in [-0.2, 0) is 33.8 Å². The Kier molecular flexibility index (Phi) is 10.6. The molecule has 2 heterocycles. The molecule has 0 saturated heterocycles. The molecule has 0 fully saturated rings. The molecule has 1 aliphatic heterocycles. The van der Waals surface area contributed by atoms with Gasteiger partial charge >= 0.3 is 0 Å². The van der Waals surface area contributed by atoms with Crippen LogP contribution in [0.3, 0.4) is 0 Å². The number of carbonyl (C=O) groups excluding carboxylic acids is 2. The van der Waals surface area contributed by atoms with Crippen molar-refractivity contribution in [3.05, 3.63) is 102 Å². The molecule has 0 bridgehead atoms. The second-order valence-corrected chi connectivity index (χ2v) is 9.94. The van der Waals surface area contributed by atoms with Crippen LogP contribution in [0.1, 0.15) is 36.6 Å². The van der Waals surface area contributed by atoms with Gasteiger partial charge in [-0.25, -0.2) is 0 Å². The number of aryl methyl sites for hydroxylation is 1. The predicted molar refractivity (Wildman–Crippen MR) is 160 cm³/mol. The summed E-state index contributed by atoms with van der Waals surface area (Å²) in [5, 5.41) is 6.90. The zero-order valence-electron chi connectivity index (χ0n) is 23.6. The molecule has 0 aliphatic carbocycles. The minimum Gasteiger partial charge on any atom is -0.489 e. The van der Waals surface area contributed by atoms with Crippen LogP contribution in [0.15, 0.2) is 90.3 Å². The molecule has 9 nitrogen and oxygen atoms in total. The van der Waals surface area contributed by atoms with Crippen LogP contribution in [0.2, 0.25) is 0 Å². The lowest BCUT2D eigenvalue weighted by atomic mass is 10.1. The van der Waals surface area contributed by atoms with E-state index >= 15 is 0 Å². The molecule has 1 atom stereocenters. The van der Waals surface area contributed by atoms with E-state index in [0.717, 1.165) is 36.1 Å². The number of carbonyl (C=O) groups is 2. The van der Waals surface area contributed by atoms with Crippen molar-refractivity contribution in [1.29, 1.82) is 0 Å². The summed E-state index contributed by atoms with van der Waals surface area (Å²) in [7, 11) is 1.69.